The van der Waals surface area contributed by atoms with Gasteiger partial charge in [-0.15, -0.1) is 0 Å². The second kappa shape index (κ2) is 4.73. The van der Waals surface area contributed by atoms with Crippen molar-refractivity contribution in [2.45, 2.75) is 4.90 Å². The number of benzene rings is 2. The van der Waals surface area contributed by atoms with E-state index in [4.69, 9.17) is 10.3 Å². The van der Waals surface area contributed by atoms with E-state index < -0.39 is 10.1 Å². The van der Waals surface area contributed by atoms with Gasteiger partial charge < -0.3 is 5.73 Å². The smallest absolute Gasteiger partial charge is 0.398 e. The predicted molar refractivity (Wildman–Crippen MR) is 58.2 cm³/mol. The molecule has 0 heterocycles. The third kappa shape index (κ3) is 2.39. The summed E-state index contributed by atoms with van der Waals surface area (Å²) in [6, 6.07) is 9.52. The van der Waals surface area contributed by atoms with Gasteiger partial charge in [-0.05, 0) is 12.1 Å². The van der Waals surface area contributed by atoms with Gasteiger partial charge in [0.2, 0.25) is 0 Å². The average Bonchev–Trinajstić information content (AvgIpc) is 2.17. The molecule has 0 amide bonds. The van der Waals surface area contributed by atoms with E-state index in [-0.39, 0.29) is 34.5 Å². The molecule has 0 aliphatic rings. The molecule has 2 rings (SSSR count). The summed E-state index contributed by atoms with van der Waals surface area (Å²) in [6.45, 7) is 0. The van der Waals surface area contributed by atoms with Crippen LogP contribution < -0.4 is 35.3 Å². The molecule has 0 fully saturated rings. The zero-order chi connectivity index (χ0) is 11.1. The van der Waals surface area contributed by atoms with E-state index in [2.05, 4.69) is 0 Å². The zero-order valence-corrected chi connectivity index (χ0v) is 11.5. The number of fused-ring (bicyclic) bond motifs is 1. The molecule has 0 aliphatic heterocycles. The van der Waals surface area contributed by atoms with Crippen LogP contribution in [0.2, 0.25) is 0 Å². The molecule has 2 aromatic rings. The van der Waals surface area contributed by atoms with Gasteiger partial charge in [-0.1, -0.05) is 24.3 Å². The fourth-order valence-corrected chi connectivity index (χ4v) is 2.22. The number of nitrogen functional groups attached to an aromatic ring is 1. The van der Waals surface area contributed by atoms with Gasteiger partial charge in [0, 0.05) is 16.5 Å². The Hall–Kier alpha value is -0.590. The second-order valence-electron chi connectivity index (χ2n) is 3.17. The number of anilines is 1. The van der Waals surface area contributed by atoms with Crippen LogP contribution in [0.1, 0.15) is 0 Å². The summed E-state index contributed by atoms with van der Waals surface area (Å²) in [5, 5.41) is 1.05. The molecule has 0 atom stereocenters. The molecule has 0 saturated carbocycles. The maximum atomic E-state index is 11.1. The first-order valence-corrected chi connectivity index (χ1v) is 5.69. The summed E-state index contributed by atoms with van der Waals surface area (Å²) in [5.74, 6) is 0. The van der Waals surface area contributed by atoms with Crippen LogP contribution in [0.15, 0.2) is 41.3 Å². The molecule has 0 aliphatic carbocycles. The molecule has 0 bridgehead atoms. The van der Waals surface area contributed by atoms with Gasteiger partial charge in [0.25, 0.3) is 10.1 Å². The molecule has 0 saturated heterocycles. The van der Waals surface area contributed by atoms with E-state index in [0.29, 0.717) is 16.5 Å². The summed E-state index contributed by atoms with van der Waals surface area (Å²) in [5.41, 5.74) is 6.18. The van der Waals surface area contributed by atoms with E-state index in [1.54, 1.807) is 24.3 Å². The Morgan fingerprint density at radius 3 is 2.12 bits per heavy atom. The monoisotopic (exact) mass is 246 g/mol. The molecule has 6 heteroatoms. The first-order valence-electron chi connectivity index (χ1n) is 4.25. The zero-order valence-electron chi connectivity index (χ0n) is 8.71. The van der Waals surface area contributed by atoms with E-state index in [9.17, 15) is 8.42 Å². The van der Waals surface area contributed by atoms with Crippen LogP contribution in [-0.2, 0) is 10.1 Å². The van der Waals surface area contributed by atoms with Crippen LogP contribution in [0.5, 0.6) is 0 Å². The van der Waals surface area contributed by atoms with Crippen molar-refractivity contribution in [3.05, 3.63) is 36.4 Å². The number of hydrogen-bond acceptors (Lipinski definition) is 3. The van der Waals surface area contributed by atoms with Crippen molar-refractivity contribution in [3.8, 4) is 0 Å². The molecular formula is C10H9NNaO3S+. The summed E-state index contributed by atoms with van der Waals surface area (Å²) >= 11 is 0. The van der Waals surface area contributed by atoms with Gasteiger partial charge in [-0.25, -0.2) is 0 Å². The molecule has 0 spiro atoms. The molecule has 0 radical (unpaired) electrons. The van der Waals surface area contributed by atoms with Crippen LogP contribution in [-0.4, -0.2) is 13.0 Å². The molecule has 4 nitrogen and oxygen atoms in total. The van der Waals surface area contributed by atoms with Crippen molar-refractivity contribution in [3.63, 3.8) is 0 Å². The largest absolute Gasteiger partial charge is 1.00 e. The Balaban J connectivity index is 0.00000128. The van der Waals surface area contributed by atoms with Crippen LogP contribution in [0, 0.1) is 0 Å². The molecule has 0 unspecified atom stereocenters. The van der Waals surface area contributed by atoms with Crippen LogP contribution >= 0.6 is 0 Å². The second-order valence-corrected chi connectivity index (χ2v) is 4.56. The van der Waals surface area contributed by atoms with Crippen molar-refractivity contribution in [2.24, 2.45) is 0 Å². The third-order valence-corrected chi connectivity index (χ3v) is 3.11. The van der Waals surface area contributed by atoms with Gasteiger partial charge in [0.15, 0.2) is 0 Å². The Morgan fingerprint density at radius 1 is 1.00 bits per heavy atom. The molecule has 3 N–H and O–H groups in total. The van der Waals surface area contributed by atoms with Gasteiger partial charge in [-0.2, -0.15) is 8.42 Å². The number of nitrogens with two attached hydrogens (primary N) is 1. The number of hydrogen-bond donors (Lipinski definition) is 2. The van der Waals surface area contributed by atoms with Crippen LogP contribution in [0.25, 0.3) is 10.8 Å². The first kappa shape index (κ1) is 13.5. The maximum Gasteiger partial charge on any atom is 1.00 e. The first-order chi connectivity index (χ1) is 7.00. The minimum absolute atomic E-state index is 0. The summed E-state index contributed by atoms with van der Waals surface area (Å²) < 4.78 is 31.2. The standard InChI is InChI=1S/C10H9NO3S.Na/c11-9-5-6-10(15(12,13)14)8-4-2-1-3-7(8)9;/h1-6H,11H2,(H,12,13,14);/q;+1. The fraction of sp³-hybridized carbons (Fsp3) is 0. The molecule has 2 aromatic carbocycles. The van der Waals surface area contributed by atoms with Crippen molar-refractivity contribution in [1.29, 1.82) is 0 Å². The van der Waals surface area contributed by atoms with Gasteiger partial charge in [-0.3, -0.25) is 4.55 Å². The van der Waals surface area contributed by atoms with Crippen molar-refractivity contribution < 1.29 is 42.5 Å². The van der Waals surface area contributed by atoms with Gasteiger partial charge >= 0.3 is 29.6 Å². The topological polar surface area (TPSA) is 80.4 Å². The fourth-order valence-electron chi connectivity index (χ4n) is 1.52. The van der Waals surface area contributed by atoms with Gasteiger partial charge in [0.05, 0.1) is 0 Å². The molecule has 78 valence electrons. The van der Waals surface area contributed by atoms with E-state index >= 15 is 0 Å². The summed E-state index contributed by atoms with van der Waals surface area (Å²) in [4.78, 5) is -0.118. The van der Waals surface area contributed by atoms with Gasteiger partial charge in [0.1, 0.15) is 4.90 Å². The minimum Gasteiger partial charge on any atom is -0.398 e. The SMILES string of the molecule is Nc1ccc(S(=O)(=O)O)c2ccccc12.[Na+]. The Morgan fingerprint density at radius 2 is 1.56 bits per heavy atom. The molecule has 16 heavy (non-hydrogen) atoms. The normalized spacial score (nSPS) is 11.1. The maximum absolute atomic E-state index is 11.1. The van der Waals surface area contributed by atoms with Crippen molar-refractivity contribution in [1.82, 2.24) is 0 Å². The Bertz CT molecular complexity index is 625. The third-order valence-electron chi connectivity index (χ3n) is 2.20. The van der Waals surface area contributed by atoms with Crippen LogP contribution in [0.4, 0.5) is 5.69 Å². The van der Waals surface area contributed by atoms with Crippen LogP contribution in [0.3, 0.4) is 0 Å². The van der Waals surface area contributed by atoms with Crippen molar-refractivity contribution in [2.75, 3.05) is 5.73 Å². The van der Waals surface area contributed by atoms with Crippen molar-refractivity contribution >= 4 is 26.6 Å². The van der Waals surface area contributed by atoms with E-state index in [1.165, 1.54) is 12.1 Å². The van der Waals surface area contributed by atoms with E-state index in [0.717, 1.165) is 0 Å². The predicted octanol–water partition coefficient (Wildman–Crippen LogP) is -1.33. The average molecular weight is 246 g/mol. The van der Waals surface area contributed by atoms with E-state index in [1.807, 2.05) is 0 Å². The Kier molecular flexibility index (Phi) is 3.98. The quantitative estimate of drug-likeness (QED) is 0.371. The summed E-state index contributed by atoms with van der Waals surface area (Å²) in [6.07, 6.45) is 0. The summed E-state index contributed by atoms with van der Waals surface area (Å²) in [7, 11) is -4.20. The Labute approximate surface area is 115 Å². The minimum atomic E-state index is -4.20. The molecular weight excluding hydrogens is 237 g/mol. The molecule has 0 aromatic heterocycles. The number of rotatable bonds is 1.